The second-order valence-electron chi connectivity index (χ2n) is 4.30. The molecule has 0 unspecified atom stereocenters. The molecule has 2 rings (SSSR count). The Morgan fingerprint density at radius 2 is 1.86 bits per heavy atom. The SMILES string of the molecule is [NH3+]CC(=O)Nc1ccc(Br)cc1C(=O)c1ccccc1Cl. The molecule has 4 nitrogen and oxygen atoms in total. The van der Waals surface area contributed by atoms with Gasteiger partial charge in [0.15, 0.2) is 12.3 Å². The van der Waals surface area contributed by atoms with Gasteiger partial charge in [0.05, 0.1) is 10.7 Å². The van der Waals surface area contributed by atoms with Crippen molar-refractivity contribution in [3.8, 4) is 0 Å². The molecule has 4 N–H and O–H groups in total. The fourth-order valence-electron chi connectivity index (χ4n) is 1.82. The summed E-state index contributed by atoms with van der Waals surface area (Å²) < 4.78 is 0.741. The van der Waals surface area contributed by atoms with Gasteiger partial charge >= 0.3 is 0 Å². The third-order valence-electron chi connectivity index (χ3n) is 2.85. The zero-order valence-electron chi connectivity index (χ0n) is 11.0. The average molecular weight is 369 g/mol. The van der Waals surface area contributed by atoms with Crippen molar-refractivity contribution in [2.24, 2.45) is 0 Å². The van der Waals surface area contributed by atoms with Gasteiger partial charge in [-0.15, -0.1) is 0 Å². The number of anilines is 1. The summed E-state index contributed by atoms with van der Waals surface area (Å²) >= 11 is 9.39. The van der Waals surface area contributed by atoms with Gasteiger partial charge in [-0.1, -0.05) is 39.7 Å². The predicted octanol–water partition coefficient (Wildman–Crippen LogP) is 2.51. The first-order chi connectivity index (χ1) is 10.0. The van der Waals surface area contributed by atoms with Gasteiger partial charge in [0.2, 0.25) is 0 Å². The Hall–Kier alpha value is -1.69. The lowest BCUT2D eigenvalue weighted by molar-refractivity contribution is -0.353. The van der Waals surface area contributed by atoms with Gasteiger partial charge in [-0.25, -0.2) is 0 Å². The lowest BCUT2D eigenvalue weighted by Crippen LogP contribution is -2.55. The number of nitrogens with one attached hydrogen (secondary N) is 1. The standard InChI is InChI=1S/C15H12BrClN2O2/c16-9-5-6-13(19-14(20)8-18)11(7-9)15(21)10-3-1-2-4-12(10)17/h1-7H,8,18H2,(H,19,20)/p+1. The number of carbonyl (C=O) groups excluding carboxylic acids is 2. The molecule has 2 aromatic carbocycles. The summed E-state index contributed by atoms with van der Waals surface area (Å²) in [6, 6.07) is 11.9. The molecule has 0 aliphatic heterocycles. The molecule has 21 heavy (non-hydrogen) atoms. The smallest absolute Gasteiger partial charge is 0.279 e. The molecule has 0 saturated heterocycles. The molecule has 0 aliphatic carbocycles. The van der Waals surface area contributed by atoms with Crippen LogP contribution in [0.5, 0.6) is 0 Å². The van der Waals surface area contributed by atoms with Gasteiger partial charge in [0.25, 0.3) is 5.91 Å². The van der Waals surface area contributed by atoms with Crippen LogP contribution in [0.1, 0.15) is 15.9 Å². The highest BCUT2D eigenvalue weighted by Gasteiger charge is 2.18. The van der Waals surface area contributed by atoms with Gasteiger partial charge in [-0.2, -0.15) is 0 Å². The summed E-state index contributed by atoms with van der Waals surface area (Å²) in [5.41, 5.74) is 4.73. The van der Waals surface area contributed by atoms with E-state index in [1.807, 2.05) is 0 Å². The van der Waals surface area contributed by atoms with E-state index >= 15 is 0 Å². The number of ketones is 1. The Morgan fingerprint density at radius 1 is 1.14 bits per heavy atom. The minimum atomic E-state index is -0.259. The van der Waals surface area contributed by atoms with Crippen molar-refractivity contribution in [1.82, 2.24) is 0 Å². The summed E-state index contributed by atoms with van der Waals surface area (Å²) in [5.74, 6) is -0.508. The van der Waals surface area contributed by atoms with E-state index in [9.17, 15) is 9.59 Å². The lowest BCUT2D eigenvalue weighted by atomic mass is 10.0. The van der Waals surface area contributed by atoms with Crippen LogP contribution in [0.25, 0.3) is 0 Å². The van der Waals surface area contributed by atoms with Gasteiger partial charge < -0.3 is 11.1 Å². The highest BCUT2D eigenvalue weighted by atomic mass is 79.9. The number of benzene rings is 2. The van der Waals surface area contributed by atoms with Gasteiger partial charge in [-0.05, 0) is 30.3 Å². The second-order valence-corrected chi connectivity index (χ2v) is 5.62. The summed E-state index contributed by atoms with van der Waals surface area (Å²) in [6.45, 7) is 0.0930. The minimum absolute atomic E-state index is 0.0930. The Balaban J connectivity index is 2.47. The molecule has 0 bridgehead atoms. The molecular weight excluding hydrogens is 356 g/mol. The van der Waals surface area contributed by atoms with Crippen LogP contribution in [0.15, 0.2) is 46.9 Å². The van der Waals surface area contributed by atoms with E-state index in [0.717, 1.165) is 4.47 Å². The molecule has 6 heteroatoms. The first-order valence-corrected chi connectivity index (χ1v) is 7.38. The molecule has 1 amide bonds. The van der Waals surface area contributed by atoms with Crippen LogP contribution >= 0.6 is 27.5 Å². The number of rotatable bonds is 4. The van der Waals surface area contributed by atoms with Crippen molar-refractivity contribution in [1.29, 1.82) is 0 Å². The van der Waals surface area contributed by atoms with Crippen LogP contribution in [0.2, 0.25) is 5.02 Å². The molecule has 0 aliphatic rings. The third kappa shape index (κ3) is 3.69. The maximum Gasteiger partial charge on any atom is 0.279 e. The average Bonchev–Trinajstić information content (AvgIpc) is 2.48. The zero-order chi connectivity index (χ0) is 15.4. The minimum Gasteiger partial charge on any atom is -0.350 e. The molecule has 0 saturated carbocycles. The Kier molecular flexibility index (Phi) is 5.12. The molecule has 0 fully saturated rings. The van der Waals surface area contributed by atoms with E-state index in [1.165, 1.54) is 0 Å². The van der Waals surface area contributed by atoms with Crippen LogP contribution in [0.3, 0.4) is 0 Å². The van der Waals surface area contributed by atoms with Crippen LogP contribution in [0.4, 0.5) is 5.69 Å². The van der Waals surface area contributed by atoms with Crippen molar-refractivity contribution < 1.29 is 15.3 Å². The predicted molar refractivity (Wildman–Crippen MR) is 85.4 cm³/mol. The summed E-state index contributed by atoms with van der Waals surface area (Å²) in [7, 11) is 0. The van der Waals surface area contributed by atoms with E-state index in [2.05, 4.69) is 27.0 Å². The number of amides is 1. The first kappa shape index (κ1) is 15.7. The van der Waals surface area contributed by atoms with E-state index in [4.69, 9.17) is 11.6 Å². The third-order valence-corrected chi connectivity index (χ3v) is 3.67. The summed E-state index contributed by atoms with van der Waals surface area (Å²) in [5, 5.41) is 3.04. The van der Waals surface area contributed by atoms with E-state index in [1.54, 1.807) is 42.5 Å². The van der Waals surface area contributed by atoms with Gasteiger partial charge in [-0.3, -0.25) is 9.59 Å². The first-order valence-electron chi connectivity index (χ1n) is 6.21. The number of halogens is 2. The molecule has 108 valence electrons. The maximum atomic E-state index is 12.6. The molecule has 0 radical (unpaired) electrons. The maximum absolute atomic E-state index is 12.6. The Morgan fingerprint density at radius 3 is 2.52 bits per heavy atom. The van der Waals surface area contributed by atoms with Crippen LogP contribution in [-0.4, -0.2) is 18.2 Å². The van der Waals surface area contributed by atoms with E-state index in [0.29, 0.717) is 21.8 Å². The topological polar surface area (TPSA) is 73.8 Å². The number of hydrogen-bond donors (Lipinski definition) is 2. The van der Waals surface area contributed by atoms with Crippen molar-refractivity contribution in [2.75, 3.05) is 11.9 Å². The molecule has 0 spiro atoms. The summed E-state index contributed by atoms with van der Waals surface area (Å²) in [6.07, 6.45) is 0. The summed E-state index contributed by atoms with van der Waals surface area (Å²) in [4.78, 5) is 24.2. The fourth-order valence-corrected chi connectivity index (χ4v) is 2.40. The van der Waals surface area contributed by atoms with Crippen molar-refractivity contribution in [3.05, 3.63) is 63.1 Å². The quantitative estimate of drug-likeness (QED) is 0.814. The van der Waals surface area contributed by atoms with Gasteiger partial charge in [0, 0.05) is 15.6 Å². The monoisotopic (exact) mass is 367 g/mol. The molecule has 2 aromatic rings. The molecular formula is C15H13BrClN2O2+. The molecule has 0 heterocycles. The lowest BCUT2D eigenvalue weighted by Gasteiger charge is -2.11. The van der Waals surface area contributed by atoms with Crippen LogP contribution < -0.4 is 11.1 Å². The molecule has 0 atom stereocenters. The van der Waals surface area contributed by atoms with E-state index in [-0.39, 0.29) is 18.2 Å². The van der Waals surface area contributed by atoms with Crippen LogP contribution in [-0.2, 0) is 4.79 Å². The highest BCUT2D eigenvalue weighted by molar-refractivity contribution is 9.10. The second kappa shape index (κ2) is 6.85. The molecule has 0 aromatic heterocycles. The normalized spacial score (nSPS) is 10.2. The van der Waals surface area contributed by atoms with Crippen molar-refractivity contribution >= 4 is 44.9 Å². The number of hydrogen-bond acceptors (Lipinski definition) is 2. The largest absolute Gasteiger partial charge is 0.350 e. The highest BCUT2D eigenvalue weighted by Crippen LogP contribution is 2.26. The van der Waals surface area contributed by atoms with Gasteiger partial charge in [0.1, 0.15) is 0 Å². The fraction of sp³-hybridized carbons (Fsp3) is 0.0667. The Bertz CT molecular complexity index is 704. The van der Waals surface area contributed by atoms with Crippen molar-refractivity contribution in [2.45, 2.75) is 0 Å². The van der Waals surface area contributed by atoms with Crippen LogP contribution in [0, 0.1) is 0 Å². The van der Waals surface area contributed by atoms with E-state index < -0.39 is 0 Å². The zero-order valence-corrected chi connectivity index (χ0v) is 13.4. The number of carbonyl (C=O) groups is 2. The Labute approximate surface area is 135 Å². The number of quaternary nitrogens is 1. The van der Waals surface area contributed by atoms with Crippen molar-refractivity contribution in [3.63, 3.8) is 0 Å².